The Bertz CT molecular complexity index is 632. The minimum absolute atomic E-state index is 0.00663. The van der Waals surface area contributed by atoms with Crippen molar-refractivity contribution < 1.29 is 4.79 Å². The van der Waals surface area contributed by atoms with Crippen LogP contribution in [0.2, 0.25) is 5.02 Å². The molecule has 5 heteroatoms. The molecule has 1 fully saturated rings. The molecule has 0 radical (unpaired) electrons. The largest absolute Gasteiger partial charge is 0.353 e. The molecule has 1 saturated heterocycles. The summed E-state index contributed by atoms with van der Waals surface area (Å²) in [6.07, 6.45) is 0.0884. The highest BCUT2D eigenvalue weighted by Crippen LogP contribution is 2.23. The van der Waals surface area contributed by atoms with Crippen molar-refractivity contribution in [2.45, 2.75) is 18.8 Å². The molecule has 1 heterocycles. The molecule has 0 bridgehead atoms. The Hall–Kier alpha value is -2.04. The number of amides is 1. The van der Waals surface area contributed by atoms with Gasteiger partial charge in [-0.3, -0.25) is 10.1 Å². The average molecular weight is 302 g/mol. The summed E-state index contributed by atoms with van der Waals surface area (Å²) in [7, 11) is 0. The first-order chi connectivity index (χ1) is 10.2. The molecule has 3 rings (SSSR count). The van der Waals surface area contributed by atoms with Crippen LogP contribution < -0.4 is 16.0 Å². The van der Waals surface area contributed by atoms with Gasteiger partial charge in [-0.15, -0.1) is 0 Å². The maximum absolute atomic E-state index is 11.9. The predicted molar refractivity (Wildman–Crippen MR) is 83.9 cm³/mol. The van der Waals surface area contributed by atoms with Crippen molar-refractivity contribution in [3.05, 3.63) is 65.2 Å². The number of anilines is 1. The number of hydrogen-bond donors (Lipinski definition) is 3. The third kappa shape index (κ3) is 3.54. The van der Waals surface area contributed by atoms with E-state index in [1.54, 1.807) is 0 Å². The second kappa shape index (κ2) is 6.16. The first-order valence-electron chi connectivity index (χ1n) is 6.83. The zero-order valence-corrected chi connectivity index (χ0v) is 12.1. The van der Waals surface area contributed by atoms with E-state index in [1.165, 1.54) is 0 Å². The fraction of sp³-hybridized carbons (Fsp3) is 0.188. The molecule has 4 nitrogen and oxygen atoms in total. The van der Waals surface area contributed by atoms with E-state index in [0.29, 0.717) is 11.4 Å². The second-order valence-corrected chi connectivity index (χ2v) is 5.43. The molecule has 21 heavy (non-hydrogen) atoms. The Morgan fingerprint density at radius 3 is 2.67 bits per heavy atom. The van der Waals surface area contributed by atoms with E-state index < -0.39 is 0 Å². The fourth-order valence-corrected chi connectivity index (χ4v) is 2.62. The molecule has 2 aromatic rings. The number of hydrogen-bond acceptors (Lipinski definition) is 3. The van der Waals surface area contributed by atoms with Crippen molar-refractivity contribution >= 4 is 23.2 Å². The minimum Gasteiger partial charge on any atom is -0.353 e. The molecule has 0 aromatic heterocycles. The van der Waals surface area contributed by atoms with Gasteiger partial charge in [-0.25, -0.2) is 0 Å². The molecular formula is C16H16ClN3O. The minimum atomic E-state index is -0.308. The van der Waals surface area contributed by atoms with Gasteiger partial charge in [0.1, 0.15) is 0 Å². The van der Waals surface area contributed by atoms with Crippen molar-refractivity contribution in [3.8, 4) is 0 Å². The number of carbonyl (C=O) groups excluding carboxylic acids is 1. The van der Waals surface area contributed by atoms with Crippen LogP contribution in [0.15, 0.2) is 54.6 Å². The van der Waals surface area contributed by atoms with Crippen LogP contribution in [-0.4, -0.2) is 12.2 Å². The van der Waals surface area contributed by atoms with E-state index in [0.717, 1.165) is 11.3 Å². The van der Waals surface area contributed by atoms with Crippen molar-refractivity contribution in [2.75, 3.05) is 5.32 Å². The van der Waals surface area contributed by atoms with Gasteiger partial charge in [0.2, 0.25) is 5.91 Å². The summed E-state index contributed by atoms with van der Waals surface area (Å²) in [6, 6.07) is 17.3. The smallest absolute Gasteiger partial charge is 0.224 e. The molecular weight excluding hydrogens is 286 g/mol. The summed E-state index contributed by atoms with van der Waals surface area (Å²) in [5, 5.41) is 10.2. The fourth-order valence-electron chi connectivity index (χ4n) is 2.42. The Labute approximate surface area is 128 Å². The van der Waals surface area contributed by atoms with E-state index >= 15 is 0 Å². The van der Waals surface area contributed by atoms with Gasteiger partial charge in [0.25, 0.3) is 0 Å². The van der Waals surface area contributed by atoms with Crippen LogP contribution in [0.4, 0.5) is 5.69 Å². The number of halogens is 1. The third-order valence-corrected chi connectivity index (χ3v) is 3.63. The topological polar surface area (TPSA) is 53.2 Å². The lowest BCUT2D eigenvalue weighted by Gasteiger charge is -2.32. The zero-order valence-electron chi connectivity index (χ0n) is 11.3. The van der Waals surface area contributed by atoms with Crippen molar-refractivity contribution in [2.24, 2.45) is 0 Å². The summed E-state index contributed by atoms with van der Waals surface area (Å²) < 4.78 is 0. The highest BCUT2D eigenvalue weighted by atomic mass is 35.5. The first-order valence-corrected chi connectivity index (χ1v) is 7.21. The van der Waals surface area contributed by atoms with Crippen LogP contribution in [0.3, 0.4) is 0 Å². The lowest BCUT2D eigenvalue weighted by atomic mass is 10.0. The molecule has 3 N–H and O–H groups in total. The lowest BCUT2D eigenvalue weighted by Crippen LogP contribution is -2.56. The Morgan fingerprint density at radius 2 is 1.90 bits per heavy atom. The van der Waals surface area contributed by atoms with Gasteiger partial charge in [-0.2, -0.15) is 0 Å². The van der Waals surface area contributed by atoms with Crippen LogP contribution in [-0.2, 0) is 4.79 Å². The monoisotopic (exact) mass is 301 g/mol. The van der Waals surface area contributed by atoms with Crippen LogP contribution in [0.1, 0.15) is 18.0 Å². The van der Waals surface area contributed by atoms with Gasteiger partial charge in [0.15, 0.2) is 6.29 Å². The van der Waals surface area contributed by atoms with E-state index in [4.69, 9.17) is 11.6 Å². The average Bonchev–Trinajstić information content (AvgIpc) is 2.48. The SMILES string of the molecule is O=C1CC(c2cccc(Cl)c2)NC(Nc2ccccc2)N1. The summed E-state index contributed by atoms with van der Waals surface area (Å²) in [5.74, 6) is 0.00663. The quantitative estimate of drug-likeness (QED) is 0.817. The van der Waals surface area contributed by atoms with Gasteiger partial charge in [0, 0.05) is 23.2 Å². The van der Waals surface area contributed by atoms with E-state index in [-0.39, 0.29) is 18.2 Å². The van der Waals surface area contributed by atoms with Crippen molar-refractivity contribution in [1.29, 1.82) is 0 Å². The summed E-state index contributed by atoms with van der Waals surface area (Å²) in [5.41, 5.74) is 1.96. The Balaban J connectivity index is 1.74. The van der Waals surface area contributed by atoms with Crippen LogP contribution in [0, 0.1) is 0 Å². The van der Waals surface area contributed by atoms with Gasteiger partial charge < -0.3 is 10.6 Å². The van der Waals surface area contributed by atoms with Gasteiger partial charge in [-0.1, -0.05) is 41.9 Å². The molecule has 1 aliphatic heterocycles. The van der Waals surface area contributed by atoms with Crippen molar-refractivity contribution in [3.63, 3.8) is 0 Å². The number of nitrogens with one attached hydrogen (secondary N) is 3. The van der Waals surface area contributed by atoms with Crippen LogP contribution in [0.25, 0.3) is 0 Å². The molecule has 2 atom stereocenters. The van der Waals surface area contributed by atoms with Gasteiger partial charge in [-0.05, 0) is 29.8 Å². The first kappa shape index (κ1) is 13.9. The molecule has 0 aliphatic carbocycles. The molecule has 0 spiro atoms. The normalized spacial score (nSPS) is 21.7. The molecule has 2 unspecified atom stereocenters. The second-order valence-electron chi connectivity index (χ2n) is 4.99. The summed E-state index contributed by atoms with van der Waals surface area (Å²) in [4.78, 5) is 11.9. The summed E-state index contributed by atoms with van der Waals surface area (Å²) >= 11 is 6.02. The third-order valence-electron chi connectivity index (χ3n) is 3.40. The molecule has 1 aliphatic rings. The Kier molecular flexibility index (Phi) is 4.08. The van der Waals surface area contributed by atoms with Gasteiger partial charge >= 0.3 is 0 Å². The van der Waals surface area contributed by atoms with Crippen molar-refractivity contribution in [1.82, 2.24) is 10.6 Å². The maximum Gasteiger partial charge on any atom is 0.224 e. The molecule has 0 saturated carbocycles. The van der Waals surface area contributed by atoms with Crippen LogP contribution in [0.5, 0.6) is 0 Å². The molecule has 1 amide bonds. The standard InChI is InChI=1S/C16H16ClN3O/c17-12-6-4-5-11(9-12)14-10-15(21)20-16(19-14)18-13-7-2-1-3-8-13/h1-9,14,16,18-19H,10H2,(H,20,21). The zero-order chi connectivity index (χ0) is 14.7. The number of para-hydroxylation sites is 1. The summed E-state index contributed by atoms with van der Waals surface area (Å²) in [6.45, 7) is 0. The number of rotatable bonds is 3. The van der Waals surface area contributed by atoms with E-state index in [1.807, 2.05) is 54.6 Å². The van der Waals surface area contributed by atoms with E-state index in [2.05, 4.69) is 16.0 Å². The highest BCUT2D eigenvalue weighted by molar-refractivity contribution is 6.30. The number of carbonyl (C=O) groups is 1. The number of benzene rings is 2. The van der Waals surface area contributed by atoms with Crippen LogP contribution >= 0.6 is 11.6 Å². The van der Waals surface area contributed by atoms with Gasteiger partial charge in [0.05, 0.1) is 0 Å². The van der Waals surface area contributed by atoms with E-state index in [9.17, 15) is 4.79 Å². The lowest BCUT2D eigenvalue weighted by molar-refractivity contribution is -0.124. The molecule has 2 aromatic carbocycles. The maximum atomic E-state index is 11.9. The Morgan fingerprint density at radius 1 is 1.10 bits per heavy atom. The highest BCUT2D eigenvalue weighted by Gasteiger charge is 2.26. The predicted octanol–water partition coefficient (Wildman–Crippen LogP) is 2.89. The molecule has 108 valence electrons.